The summed E-state index contributed by atoms with van der Waals surface area (Å²) >= 11 is 5.90. The van der Waals surface area contributed by atoms with Crippen LogP contribution in [0.1, 0.15) is 11.4 Å². The molecule has 0 aliphatic carbocycles. The number of methoxy groups -OCH3 is 1. The maximum Gasteiger partial charge on any atom is 0.335 e. The summed E-state index contributed by atoms with van der Waals surface area (Å²) < 4.78 is 5.21. The number of para-hydroxylation sites is 1. The molecule has 6 nitrogen and oxygen atoms in total. The molecule has 0 bridgehead atoms. The molecule has 0 radical (unpaired) electrons. The highest BCUT2D eigenvalue weighted by Crippen LogP contribution is 2.35. The van der Waals surface area contributed by atoms with Gasteiger partial charge in [-0.05, 0) is 36.4 Å². The number of amides is 2. The molecule has 7 heteroatoms. The number of anilines is 3. The van der Waals surface area contributed by atoms with Crippen LogP contribution in [0.3, 0.4) is 0 Å². The zero-order chi connectivity index (χ0) is 18.8. The van der Waals surface area contributed by atoms with Crippen molar-refractivity contribution in [2.45, 2.75) is 12.4 Å². The van der Waals surface area contributed by atoms with Gasteiger partial charge in [0.15, 0.2) is 0 Å². The van der Waals surface area contributed by atoms with Gasteiger partial charge in [0.1, 0.15) is 17.4 Å². The zero-order valence-corrected chi connectivity index (χ0v) is 15.4. The first-order valence-corrected chi connectivity index (χ1v) is 8.96. The predicted molar refractivity (Wildman–Crippen MR) is 105 cm³/mol. The quantitative estimate of drug-likeness (QED) is 0.625. The molecule has 1 aromatic heterocycles. The number of halogens is 1. The van der Waals surface area contributed by atoms with Crippen molar-refractivity contribution in [3.63, 3.8) is 0 Å². The van der Waals surface area contributed by atoms with Crippen LogP contribution in [-0.2, 0) is 12.4 Å². The molecule has 2 heterocycles. The summed E-state index contributed by atoms with van der Waals surface area (Å²) in [5.41, 5.74) is 2.36. The van der Waals surface area contributed by atoms with E-state index in [0.29, 0.717) is 18.2 Å². The Labute approximate surface area is 162 Å². The molecule has 27 heavy (non-hydrogen) atoms. The third kappa shape index (κ3) is 3.19. The third-order valence-electron chi connectivity index (χ3n) is 4.37. The molecule has 2 aromatic carbocycles. The fraction of sp³-hybridized carbons (Fsp3) is 0.150. The molecule has 0 spiro atoms. The van der Waals surface area contributed by atoms with Gasteiger partial charge in [0, 0.05) is 17.4 Å². The molecule has 0 saturated carbocycles. The van der Waals surface area contributed by atoms with Crippen molar-refractivity contribution in [3.8, 4) is 5.75 Å². The lowest BCUT2D eigenvalue weighted by molar-refractivity contribution is 0.252. The molecule has 0 N–H and O–H groups in total. The van der Waals surface area contributed by atoms with E-state index < -0.39 is 0 Å². The average Bonchev–Trinajstić information content (AvgIpc) is 2.73. The maximum atomic E-state index is 13.4. The van der Waals surface area contributed by atoms with Crippen LogP contribution in [0.15, 0.2) is 60.8 Å². The average molecular weight is 381 g/mol. The number of aromatic nitrogens is 2. The normalized spacial score (nSPS) is 13.5. The first-order valence-electron chi connectivity index (χ1n) is 8.42. The fourth-order valence-corrected chi connectivity index (χ4v) is 3.15. The number of nitrogens with zero attached hydrogens (tertiary/aromatic N) is 4. The SMILES string of the molecule is COc1ccc(N2Cc3cnc(CCl)nc3N(c3ccccc3)C2=O)cc1. The molecule has 0 fully saturated rings. The van der Waals surface area contributed by atoms with Crippen molar-refractivity contribution in [1.82, 2.24) is 9.97 Å². The molecule has 0 atom stereocenters. The lowest BCUT2D eigenvalue weighted by atomic mass is 10.1. The van der Waals surface area contributed by atoms with Crippen molar-refractivity contribution in [3.05, 3.63) is 72.2 Å². The van der Waals surface area contributed by atoms with Gasteiger partial charge in [-0.15, -0.1) is 11.6 Å². The van der Waals surface area contributed by atoms with Crippen LogP contribution >= 0.6 is 11.6 Å². The van der Waals surface area contributed by atoms with Crippen LogP contribution in [0.5, 0.6) is 5.75 Å². The van der Waals surface area contributed by atoms with Gasteiger partial charge in [0.25, 0.3) is 0 Å². The second-order valence-corrected chi connectivity index (χ2v) is 6.27. The Morgan fingerprint density at radius 2 is 1.81 bits per heavy atom. The molecular weight excluding hydrogens is 364 g/mol. The molecule has 2 amide bonds. The number of rotatable bonds is 4. The highest BCUT2D eigenvalue weighted by atomic mass is 35.5. The van der Waals surface area contributed by atoms with E-state index in [4.69, 9.17) is 16.3 Å². The summed E-state index contributed by atoms with van der Waals surface area (Å²) in [6.45, 7) is 0.381. The van der Waals surface area contributed by atoms with E-state index in [9.17, 15) is 4.79 Å². The molecule has 1 aliphatic heterocycles. The van der Waals surface area contributed by atoms with Crippen molar-refractivity contribution in [2.24, 2.45) is 0 Å². The fourth-order valence-electron chi connectivity index (χ4n) is 3.03. The summed E-state index contributed by atoms with van der Waals surface area (Å²) in [4.78, 5) is 25.5. The van der Waals surface area contributed by atoms with E-state index in [1.54, 1.807) is 23.1 Å². The summed E-state index contributed by atoms with van der Waals surface area (Å²) in [7, 11) is 1.61. The lowest BCUT2D eigenvalue weighted by Crippen LogP contribution is -2.45. The minimum atomic E-state index is -0.182. The summed E-state index contributed by atoms with van der Waals surface area (Å²) in [5, 5.41) is 0. The van der Waals surface area contributed by atoms with E-state index in [0.717, 1.165) is 22.7 Å². The summed E-state index contributed by atoms with van der Waals surface area (Å²) in [6, 6.07) is 16.6. The smallest absolute Gasteiger partial charge is 0.335 e. The van der Waals surface area contributed by atoms with Gasteiger partial charge in [0.2, 0.25) is 0 Å². The van der Waals surface area contributed by atoms with Gasteiger partial charge < -0.3 is 4.74 Å². The van der Waals surface area contributed by atoms with Gasteiger partial charge in [-0.1, -0.05) is 18.2 Å². The van der Waals surface area contributed by atoms with Gasteiger partial charge in [-0.25, -0.2) is 19.7 Å². The number of carbonyl (C=O) groups excluding carboxylic acids is 1. The largest absolute Gasteiger partial charge is 0.497 e. The van der Waals surface area contributed by atoms with Crippen LogP contribution in [-0.4, -0.2) is 23.1 Å². The number of hydrogen-bond donors (Lipinski definition) is 0. The second-order valence-electron chi connectivity index (χ2n) is 6.01. The molecule has 0 saturated heterocycles. The summed E-state index contributed by atoms with van der Waals surface area (Å²) in [6.07, 6.45) is 1.74. The van der Waals surface area contributed by atoms with Crippen LogP contribution < -0.4 is 14.5 Å². The molecule has 4 rings (SSSR count). The Hall–Kier alpha value is -3.12. The van der Waals surface area contributed by atoms with Crippen molar-refractivity contribution < 1.29 is 9.53 Å². The van der Waals surface area contributed by atoms with Crippen LogP contribution in [0, 0.1) is 0 Å². The van der Waals surface area contributed by atoms with Gasteiger partial charge in [-0.3, -0.25) is 4.90 Å². The van der Waals surface area contributed by atoms with E-state index in [-0.39, 0.29) is 11.9 Å². The van der Waals surface area contributed by atoms with E-state index >= 15 is 0 Å². The second kappa shape index (κ2) is 7.25. The molecular formula is C20H17ClN4O2. The standard InChI is InChI=1S/C20H17ClN4O2/c1-27-17-9-7-15(8-10-17)24-13-14-12-22-18(11-21)23-19(14)25(20(24)26)16-5-3-2-4-6-16/h2-10,12H,11,13H2,1H3. The first kappa shape index (κ1) is 17.3. The predicted octanol–water partition coefficient (Wildman–Crippen LogP) is 4.50. The number of alkyl halides is 1. The molecule has 136 valence electrons. The van der Waals surface area contributed by atoms with Crippen LogP contribution in [0.4, 0.5) is 22.0 Å². The number of urea groups is 1. The highest BCUT2D eigenvalue weighted by Gasteiger charge is 2.34. The van der Waals surface area contributed by atoms with E-state index in [1.165, 1.54) is 0 Å². The van der Waals surface area contributed by atoms with Crippen molar-refractivity contribution >= 4 is 34.8 Å². The first-order chi connectivity index (χ1) is 13.2. The minimum Gasteiger partial charge on any atom is -0.497 e. The van der Waals surface area contributed by atoms with Crippen molar-refractivity contribution in [2.75, 3.05) is 16.9 Å². The van der Waals surface area contributed by atoms with Crippen LogP contribution in [0.25, 0.3) is 0 Å². The Kier molecular flexibility index (Phi) is 4.64. The molecule has 1 aliphatic rings. The van der Waals surface area contributed by atoms with E-state index in [1.807, 2.05) is 54.6 Å². The Morgan fingerprint density at radius 1 is 1.07 bits per heavy atom. The number of ether oxygens (including phenoxy) is 1. The van der Waals surface area contributed by atoms with Gasteiger partial charge in [-0.2, -0.15) is 0 Å². The lowest BCUT2D eigenvalue weighted by Gasteiger charge is -2.36. The third-order valence-corrected chi connectivity index (χ3v) is 4.61. The Bertz CT molecular complexity index is 963. The highest BCUT2D eigenvalue weighted by molar-refractivity contribution is 6.16. The van der Waals surface area contributed by atoms with Crippen molar-refractivity contribution in [1.29, 1.82) is 0 Å². The van der Waals surface area contributed by atoms with Crippen LogP contribution in [0.2, 0.25) is 0 Å². The van der Waals surface area contributed by atoms with Gasteiger partial charge in [0.05, 0.1) is 25.2 Å². The monoisotopic (exact) mass is 380 g/mol. The zero-order valence-electron chi connectivity index (χ0n) is 14.7. The number of benzene rings is 2. The Morgan fingerprint density at radius 3 is 2.48 bits per heavy atom. The maximum absolute atomic E-state index is 13.4. The number of fused-ring (bicyclic) bond motifs is 1. The van der Waals surface area contributed by atoms with E-state index in [2.05, 4.69) is 9.97 Å². The number of hydrogen-bond acceptors (Lipinski definition) is 4. The Balaban J connectivity index is 1.82. The minimum absolute atomic E-state index is 0.182. The topological polar surface area (TPSA) is 58.6 Å². The molecule has 0 unspecified atom stereocenters. The number of carbonyl (C=O) groups is 1. The molecule has 3 aromatic rings. The van der Waals surface area contributed by atoms with Gasteiger partial charge >= 0.3 is 6.03 Å². The summed E-state index contributed by atoms with van der Waals surface area (Å²) in [5.74, 6) is 1.98.